The van der Waals surface area contributed by atoms with Crippen LogP contribution in [0.15, 0.2) is 54.7 Å². The molecule has 3 atom stereocenters. The van der Waals surface area contributed by atoms with Crippen molar-refractivity contribution in [3.63, 3.8) is 0 Å². The lowest BCUT2D eigenvalue weighted by atomic mass is 9.73. The van der Waals surface area contributed by atoms with E-state index in [1.54, 1.807) is 18.3 Å². The van der Waals surface area contributed by atoms with Gasteiger partial charge in [0.25, 0.3) is 5.91 Å². The molecule has 4 heterocycles. The number of fused-ring (bicyclic) bond motifs is 1. The first-order valence-corrected chi connectivity index (χ1v) is 14.6. The number of hydrogen-bond acceptors (Lipinski definition) is 7. The molecule has 7 rings (SSSR count). The third kappa shape index (κ3) is 4.78. The summed E-state index contributed by atoms with van der Waals surface area (Å²) >= 11 is 0. The zero-order chi connectivity index (χ0) is 31.7. The second-order valence-corrected chi connectivity index (χ2v) is 12.3. The van der Waals surface area contributed by atoms with Gasteiger partial charge in [0, 0.05) is 51.8 Å². The van der Waals surface area contributed by atoms with Crippen LogP contribution in [-0.4, -0.2) is 54.0 Å². The summed E-state index contributed by atoms with van der Waals surface area (Å²) in [5.41, 5.74) is -3.15. The molecule has 2 aromatic heterocycles. The number of aliphatic hydroxyl groups is 1. The number of halogens is 4. The summed E-state index contributed by atoms with van der Waals surface area (Å²) < 4.78 is 71.0. The Hall–Kier alpha value is -4.29. The van der Waals surface area contributed by atoms with Gasteiger partial charge in [0.2, 0.25) is 5.60 Å². The van der Waals surface area contributed by atoms with Gasteiger partial charge in [-0.05, 0) is 61.2 Å². The Labute approximate surface area is 255 Å². The van der Waals surface area contributed by atoms with Crippen molar-refractivity contribution >= 4 is 16.8 Å². The maximum absolute atomic E-state index is 15.2. The van der Waals surface area contributed by atoms with Crippen LogP contribution in [0, 0.1) is 11.7 Å². The summed E-state index contributed by atoms with van der Waals surface area (Å²) in [6, 6.07) is 11.0. The minimum atomic E-state index is -5.25. The van der Waals surface area contributed by atoms with Crippen LogP contribution in [0.2, 0.25) is 0 Å². The highest BCUT2D eigenvalue weighted by Gasteiger charge is 2.60. The number of carbonyl (C=O) groups is 1. The Kier molecular flexibility index (Phi) is 6.79. The first kappa shape index (κ1) is 29.4. The van der Waals surface area contributed by atoms with E-state index in [-0.39, 0.29) is 35.1 Å². The SMILES string of the molecule is COc1cc(C(=O)NCC(O)(c2nc(-c3ccc(F)cc3)c3c4c2[C@@H](C2CC2)NC[C@@]4(C)CO3)C(F)(F)F)cc2cccnc12. The zero-order valence-electron chi connectivity index (χ0n) is 24.5. The molecule has 2 aliphatic heterocycles. The number of pyridine rings is 2. The molecular formula is C33H30F4N4O4. The fraction of sp³-hybridized carbons (Fsp3) is 0.364. The van der Waals surface area contributed by atoms with Gasteiger partial charge in [-0.2, -0.15) is 13.2 Å². The molecule has 1 fully saturated rings. The number of ether oxygens (including phenoxy) is 2. The largest absolute Gasteiger partial charge is 0.494 e. The number of carbonyl (C=O) groups excluding carboxylic acids is 1. The monoisotopic (exact) mass is 622 g/mol. The third-order valence-electron chi connectivity index (χ3n) is 9.08. The van der Waals surface area contributed by atoms with Crippen LogP contribution >= 0.6 is 0 Å². The molecule has 0 bridgehead atoms. The van der Waals surface area contributed by atoms with Crippen LogP contribution in [-0.2, 0) is 11.0 Å². The van der Waals surface area contributed by atoms with Crippen molar-refractivity contribution in [1.29, 1.82) is 0 Å². The highest BCUT2D eigenvalue weighted by Crippen LogP contribution is 2.56. The number of nitrogens with one attached hydrogen (secondary N) is 2. The van der Waals surface area contributed by atoms with E-state index in [1.165, 1.54) is 43.5 Å². The molecule has 1 unspecified atom stereocenters. The van der Waals surface area contributed by atoms with E-state index < -0.39 is 47.2 Å². The number of benzene rings is 2. The molecule has 0 spiro atoms. The van der Waals surface area contributed by atoms with Gasteiger partial charge in [-0.1, -0.05) is 13.0 Å². The molecule has 4 aromatic rings. The molecule has 12 heteroatoms. The van der Waals surface area contributed by atoms with Gasteiger partial charge in [-0.25, -0.2) is 9.37 Å². The van der Waals surface area contributed by atoms with Gasteiger partial charge < -0.3 is 25.2 Å². The second-order valence-electron chi connectivity index (χ2n) is 12.3. The molecule has 2 aromatic carbocycles. The number of amides is 1. The van der Waals surface area contributed by atoms with Crippen LogP contribution in [0.4, 0.5) is 17.6 Å². The predicted octanol–water partition coefficient (Wildman–Crippen LogP) is 5.33. The highest BCUT2D eigenvalue weighted by atomic mass is 19.4. The topological polar surface area (TPSA) is 106 Å². The number of methoxy groups -OCH3 is 1. The van der Waals surface area contributed by atoms with E-state index in [9.17, 15) is 14.3 Å². The van der Waals surface area contributed by atoms with E-state index in [4.69, 9.17) is 9.47 Å². The van der Waals surface area contributed by atoms with Crippen LogP contribution in [0.1, 0.15) is 53.0 Å². The molecule has 0 saturated heterocycles. The maximum atomic E-state index is 15.2. The fourth-order valence-electron chi connectivity index (χ4n) is 6.53. The van der Waals surface area contributed by atoms with Crippen LogP contribution < -0.4 is 20.1 Å². The summed E-state index contributed by atoms with van der Waals surface area (Å²) in [5.74, 6) is -0.702. The second kappa shape index (κ2) is 10.4. The van der Waals surface area contributed by atoms with Gasteiger partial charge in [-0.15, -0.1) is 0 Å². The Balaban J connectivity index is 1.37. The highest BCUT2D eigenvalue weighted by molar-refractivity contribution is 5.99. The van der Waals surface area contributed by atoms with Gasteiger partial charge >= 0.3 is 6.18 Å². The van der Waals surface area contributed by atoms with E-state index in [1.807, 2.05) is 6.92 Å². The number of rotatable bonds is 7. The molecule has 3 N–H and O–H groups in total. The van der Waals surface area contributed by atoms with E-state index >= 15 is 13.2 Å². The quantitative estimate of drug-likeness (QED) is 0.240. The molecule has 1 aliphatic carbocycles. The van der Waals surface area contributed by atoms with Crippen molar-refractivity contribution in [3.8, 4) is 22.8 Å². The standard InChI is InChI=1S/C33H30F4N4O4/c1-31-14-39-26(17-5-6-17)23-24(31)28(45-16-31)27(18-7-9-21(34)10-8-18)41-29(23)32(43,33(35,36)37)15-40-30(42)20-12-19-4-3-11-38-25(19)22(13-20)44-2/h3-4,7-13,17,26,39,43H,5-6,14-16H2,1-2H3,(H,40,42)/t26-,31+,32?/m1/s1. The van der Waals surface area contributed by atoms with Gasteiger partial charge in [0.05, 0.1) is 26.0 Å². The first-order valence-electron chi connectivity index (χ1n) is 14.6. The van der Waals surface area contributed by atoms with Crippen LogP contribution in [0.25, 0.3) is 22.2 Å². The fourth-order valence-corrected chi connectivity index (χ4v) is 6.53. The van der Waals surface area contributed by atoms with Gasteiger partial charge in [0.1, 0.15) is 28.5 Å². The summed E-state index contributed by atoms with van der Waals surface area (Å²) in [6.07, 6.45) is -2.07. The lowest BCUT2D eigenvalue weighted by Gasteiger charge is -2.40. The Bertz CT molecular complexity index is 1830. The molecule has 0 radical (unpaired) electrons. The third-order valence-corrected chi connectivity index (χ3v) is 9.08. The Morgan fingerprint density at radius 3 is 2.64 bits per heavy atom. The summed E-state index contributed by atoms with van der Waals surface area (Å²) in [5, 5.41) is 18.1. The van der Waals surface area contributed by atoms with Crippen molar-refractivity contribution in [3.05, 3.63) is 82.9 Å². The number of alkyl halides is 3. The zero-order valence-corrected chi connectivity index (χ0v) is 24.5. The molecule has 3 aliphatic rings. The smallest absolute Gasteiger partial charge is 0.424 e. The summed E-state index contributed by atoms with van der Waals surface area (Å²) in [6.45, 7) is 1.34. The average Bonchev–Trinajstić information content (AvgIpc) is 3.81. The average molecular weight is 623 g/mol. The van der Waals surface area contributed by atoms with Gasteiger partial charge in [0.15, 0.2) is 0 Å². The molecule has 45 heavy (non-hydrogen) atoms. The molecule has 1 saturated carbocycles. The van der Waals surface area contributed by atoms with Crippen molar-refractivity contribution in [2.75, 3.05) is 26.8 Å². The van der Waals surface area contributed by atoms with Crippen LogP contribution in [0.3, 0.4) is 0 Å². The van der Waals surface area contributed by atoms with E-state index in [0.29, 0.717) is 34.3 Å². The Morgan fingerprint density at radius 2 is 1.96 bits per heavy atom. The Morgan fingerprint density at radius 1 is 1.20 bits per heavy atom. The lowest BCUT2D eigenvalue weighted by molar-refractivity contribution is -0.265. The normalized spacial score (nSPS) is 22.0. The summed E-state index contributed by atoms with van der Waals surface area (Å²) in [7, 11) is 1.40. The molecule has 8 nitrogen and oxygen atoms in total. The minimum absolute atomic E-state index is 0.0330. The van der Waals surface area contributed by atoms with E-state index in [0.717, 1.165) is 12.8 Å². The predicted molar refractivity (Wildman–Crippen MR) is 157 cm³/mol. The van der Waals surface area contributed by atoms with Crippen molar-refractivity contribution < 1.29 is 36.9 Å². The molecule has 234 valence electrons. The first-order chi connectivity index (χ1) is 21.4. The van der Waals surface area contributed by atoms with Crippen molar-refractivity contribution in [2.45, 2.75) is 43.0 Å². The van der Waals surface area contributed by atoms with Crippen molar-refractivity contribution in [2.24, 2.45) is 5.92 Å². The van der Waals surface area contributed by atoms with Gasteiger partial charge in [-0.3, -0.25) is 9.78 Å². The lowest BCUT2D eigenvalue weighted by Crippen LogP contribution is -2.54. The van der Waals surface area contributed by atoms with Crippen molar-refractivity contribution in [1.82, 2.24) is 20.6 Å². The number of aromatic nitrogens is 2. The number of hydrogen-bond donors (Lipinski definition) is 3. The minimum Gasteiger partial charge on any atom is -0.494 e. The van der Waals surface area contributed by atoms with E-state index in [2.05, 4.69) is 20.6 Å². The molecule has 1 amide bonds. The molecular weight excluding hydrogens is 592 g/mol. The maximum Gasteiger partial charge on any atom is 0.424 e. The number of nitrogens with zero attached hydrogens (tertiary/aromatic N) is 2. The summed E-state index contributed by atoms with van der Waals surface area (Å²) in [4.78, 5) is 22.1. The van der Waals surface area contributed by atoms with Crippen LogP contribution in [0.5, 0.6) is 11.5 Å².